The van der Waals surface area contributed by atoms with E-state index in [9.17, 15) is 9.79 Å². The van der Waals surface area contributed by atoms with Crippen molar-refractivity contribution in [3.8, 4) is 0 Å². The van der Waals surface area contributed by atoms with Crippen LogP contribution in [0.1, 0.15) is 253 Å². The topological polar surface area (TPSA) is 119 Å². The zero-order valence-corrected chi connectivity index (χ0v) is 39.1. The van der Waals surface area contributed by atoms with Gasteiger partial charge in [-0.3, -0.25) is 0 Å². The van der Waals surface area contributed by atoms with Crippen LogP contribution in [0.15, 0.2) is 0 Å². The molecule has 0 unspecified atom stereocenters. The minimum Gasteiger partial charge on any atom is -0.341 e. The molecule has 0 spiro atoms. The third-order valence-electron chi connectivity index (χ3n) is 9.49. The standard InChI is InChI=1S/3C12H27N.C8H21O2PS2/c3*1-2-3-4-5-6-7-8-9-10-11-12-13;1-3-5-7-13(8-6-4-2)11(9,10)12/h3*2-13H2,1H3;9-10,12H,3-8H2,1-2H3. The van der Waals surface area contributed by atoms with E-state index in [1.165, 1.54) is 193 Å². The molecule has 0 aromatic rings. The lowest BCUT2D eigenvalue weighted by Gasteiger charge is -2.15. The zero-order chi connectivity index (χ0) is 39.7. The van der Waals surface area contributed by atoms with Crippen molar-refractivity contribution in [2.24, 2.45) is 17.2 Å². The van der Waals surface area contributed by atoms with Gasteiger partial charge in [0.1, 0.15) is 0 Å². The second-order valence-electron chi connectivity index (χ2n) is 15.0. The van der Waals surface area contributed by atoms with E-state index in [-0.39, 0.29) is 10.1 Å². The van der Waals surface area contributed by atoms with E-state index in [0.29, 0.717) is 0 Å². The first-order valence-corrected chi connectivity index (χ1v) is 28.1. The van der Waals surface area contributed by atoms with E-state index in [1.54, 1.807) is 0 Å². The summed E-state index contributed by atoms with van der Waals surface area (Å²) in [5.41, 5.74) is 13.4. The molecule has 0 aliphatic carbocycles. The maximum atomic E-state index is 9.47. The average molecular weight is 800 g/mol. The zero-order valence-electron chi connectivity index (χ0n) is 36.5. The van der Waals surface area contributed by atoms with E-state index in [0.717, 1.165) is 56.8 Å². The molecule has 5 nitrogen and oxygen atoms in total. The molecule has 0 aliphatic heterocycles. The van der Waals surface area contributed by atoms with Gasteiger partial charge in [0, 0.05) is 0 Å². The van der Waals surface area contributed by atoms with Crippen LogP contribution in [0.3, 0.4) is 0 Å². The van der Waals surface area contributed by atoms with Crippen molar-refractivity contribution in [2.45, 2.75) is 253 Å². The molecule has 0 saturated heterocycles. The predicted octanol–water partition coefficient (Wildman–Crippen LogP) is 14.4. The van der Waals surface area contributed by atoms with Gasteiger partial charge in [-0.15, -0.1) is 10.1 Å². The van der Waals surface area contributed by atoms with Crippen LogP contribution in [-0.4, -0.2) is 40.9 Å². The molecular formula is C44H102N3O2PS2. The molecule has 0 amide bonds. The molecular weight excluding hydrogens is 698 g/mol. The number of nitrogens with two attached hydrogens (primary N) is 3. The second kappa shape index (κ2) is 56.3. The summed E-state index contributed by atoms with van der Waals surface area (Å²) in [7, 11) is -0.255. The Morgan fingerprint density at radius 1 is 0.327 bits per heavy atom. The Morgan fingerprint density at radius 2 is 0.500 bits per heavy atom. The molecule has 0 heterocycles. The lowest BCUT2D eigenvalue weighted by molar-refractivity contribution is 0.502. The lowest BCUT2D eigenvalue weighted by Crippen LogP contribution is -2.03. The minimum absolute atomic E-state index is 0.255. The van der Waals surface area contributed by atoms with Crippen LogP contribution >= 0.6 is 17.9 Å². The van der Waals surface area contributed by atoms with Gasteiger partial charge in [-0.25, -0.2) is 0 Å². The Kier molecular flexibility index (Phi) is 64.5. The van der Waals surface area contributed by atoms with Crippen molar-refractivity contribution in [3.63, 3.8) is 0 Å². The van der Waals surface area contributed by atoms with E-state index >= 15 is 0 Å². The van der Waals surface area contributed by atoms with Gasteiger partial charge in [-0.2, -0.15) is 0 Å². The molecule has 0 aliphatic rings. The molecule has 322 valence electrons. The minimum atomic E-state index is -2.86. The highest BCUT2D eigenvalue weighted by molar-refractivity contribution is 8.65. The van der Waals surface area contributed by atoms with Crippen molar-refractivity contribution in [1.82, 2.24) is 0 Å². The second-order valence-corrected chi connectivity index (χ2v) is 23.3. The fourth-order valence-corrected chi connectivity index (χ4v) is 11.5. The number of hydrogen-bond donors (Lipinski definition) is 6. The third-order valence-corrected chi connectivity index (χ3v) is 17.0. The quantitative estimate of drug-likeness (QED) is 0.0214. The summed E-state index contributed by atoms with van der Waals surface area (Å²) >= 11 is 3.93. The van der Waals surface area contributed by atoms with Gasteiger partial charge in [0.05, 0.1) is 0 Å². The first-order chi connectivity index (χ1) is 25.3. The highest BCUT2D eigenvalue weighted by Crippen LogP contribution is 2.47. The van der Waals surface area contributed by atoms with Crippen molar-refractivity contribution >= 4 is 28.0 Å². The van der Waals surface area contributed by atoms with Gasteiger partial charge in [-0.1, -0.05) is 233 Å². The van der Waals surface area contributed by atoms with E-state index < -0.39 is 5.69 Å². The highest BCUT2D eigenvalue weighted by Gasteiger charge is 2.09. The molecule has 0 atom stereocenters. The maximum absolute atomic E-state index is 9.47. The molecule has 0 fully saturated rings. The summed E-state index contributed by atoms with van der Waals surface area (Å²) in [6, 6.07) is 0. The normalized spacial score (nSPS) is 11.1. The summed E-state index contributed by atoms with van der Waals surface area (Å²) in [6.45, 7) is 13.7. The van der Waals surface area contributed by atoms with Crippen molar-refractivity contribution < 1.29 is 9.79 Å². The number of rotatable bonds is 36. The maximum Gasteiger partial charge on any atom is 0.198 e. The van der Waals surface area contributed by atoms with Crippen molar-refractivity contribution in [3.05, 3.63) is 0 Å². The highest BCUT2D eigenvalue weighted by atomic mass is 32.9. The summed E-state index contributed by atoms with van der Waals surface area (Å²) in [5.74, 6) is 1.86. The van der Waals surface area contributed by atoms with Gasteiger partial charge in [-0.05, 0) is 63.2 Å². The first kappa shape index (κ1) is 59.6. The first-order valence-electron chi connectivity index (χ1n) is 23.1. The van der Waals surface area contributed by atoms with Crippen LogP contribution < -0.4 is 17.2 Å². The number of unbranched alkanes of at least 4 members (excludes halogenated alkanes) is 29. The third kappa shape index (κ3) is 62.9. The van der Waals surface area contributed by atoms with Gasteiger partial charge < -0.3 is 27.0 Å². The van der Waals surface area contributed by atoms with Crippen LogP contribution in [0.5, 0.6) is 0 Å². The summed E-state index contributed by atoms with van der Waals surface area (Å²) in [4.78, 5) is 18.9. The van der Waals surface area contributed by atoms with Gasteiger partial charge >= 0.3 is 0 Å². The lowest BCUT2D eigenvalue weighted by atomic mass is 10.1. The fourth-order valence-electron chi connectivity index (χ4n) is 5.86. The van der Waals surface area contributed by atoms with Crippen LogP contribution in [0.4, 0.5) is 0 Å². The van der Waals surface area contributed by atoms with Crippen LogP contribution in [0, 0.1) is 0 Å². The summed E-state index contributed by atoms with van der Waals surface area (Å²) in [6.07, 6.45) is 46.2. The predicted molar refractivity (Wildman–Crippen MR) is 250 cm³/mol. The summed E-state index contributed by atoms with van der Waals surface area (Å²) < 4.78 is 0. The van der Waals surface area contributed by atoms with Gasteiger partial charge in [0.25, 0.3) is 0 Å². The van der Waals surface area contributed by atoms with E-state index in [4.69, 9.17) is 17.2 Å². The molecule has 0 bridgehead atoms. The SMILES string of the molecule is CCCCCCCCCCCCN.CCCCCCCCCCCCN.CCCCCCCCCCCCN.CCCCS(CCCC)=P(O)(O)S. The van der Waals surface area contributed by atoms with Crippen LogP contribution in [0.2, 0.25) is 0 Å². The molecule has 8 heteroatoms. The molecule has 52 heavy (non-hydrogen) atoms. The van der Waals surface area contributed by atoms with Crippen molar-refractivity contribution in [2.75, 3.05) is 31.1 Å². The van der Waals surface area contributed by atoms with Crippen molar-refractivity contribution in [1.29, 1.82) is 0 Å². The molecule has 0 aromatic heterocycles. The molecule has 0 aromatic carbocycles. The Morgan fingerprint density at radius 3 is 0.654 bits per heavy atom. The molecule has 8 N–H and O–H groups in total. The Balaban J connectivity index is -0.000000295. The molecule has 0 rings (SSSR count). The Hall–Kier alpha value is 0.930. The molecule has 0 saturated carbocycles. The number of thiol groups is 1. The summed E-state index contributed by atoms with van der Waals surface area (Å²) in [5, 5.41) is 0. The van der Waals surface area contributed by atoms with Gasteiger partial charge in [0.2, 0.25) is 0 Å². The fraction of sp³-hybridized carbons (Fsp3) is 1.00. The Bertz CT molecular complexity index is 552. The van der Waals surface area contributed by atoms with Crippen LogP contribution in [0.25, 0.3) is 0 Å². The monoisotopic (exact) mass is 800 g/mol. The largest absolute Gasteiger partial charge is 0.341 e. The van der Waals surface area contributed by atoms with Gasteiger partial charge in [0.15, 0.2) is 5.69 Å². The Labute approximate surface area is 337 Å². The van der Waals surface area contributed by atoms with E-state index in [1.807, 2.05) is 0 Å². The smallest absolute Gasteiger partial charge is 0.198 e. The van der Waals surface area contributed by atoms with Crippen LogP contribution in [-0.2, 0) is 10.1 Å². The number of hydrogen-bond acceptors (Lipinski definition) is 3. The average Bonchev–Trinajstić information content (AvgIpc) is 3.13. The van der Waals surface area contributed by atoms with E-state index in [2.05, 4.69) is 46.9 Å². The molecule has 0 radical (unpaired) electrons.